The van der Waals surface area contributed by atoms with Crippen molar-refractivity contribution in [2.45, 2.75) is 26.2 Å². The predicted octanol–water partition coefficient (Wildman–Crippen LogP) is 2.11. The highest BCUT2D eigenvalue weighted by Gasteiger charge is 2.18. The zero-order valence-electron chi connectivity index (χ0n) is 11.8. The van der Waals surface area contributed by atoms with Gasteiger partial charge < -0.3 is 15.2 Å². The van der Waals surface area contributed by atoms with E-state index in [2.05, 4.69) is 6.07 Å². The fourth-order valence-electron chi connectivity index (χ4n) is 2.44. The summed E-state index contributed by atoms with van der Waals surface area (Å²) in [6, 6.07) is 6.02. The van der Waals surface area contributed by atoms with Crippen molar-refractivity contribution in [3.63, 3.8) is 0 Å². The van der Waals surface area contributed by atoms with E-state index in [9.17, 15) is 4.79 Å². The second kappa shape index (κ2) is 8.12. The molecular weight excluding hydrogens is 278 g/mol. The SMILES string of the molecule is CCOC(=O)COc1ccc2c(c1)CC[C@H](CN)C2.Cl. The Kier molecular flexibility index (Phi) is 6.82. The van der Waals surface area contributed by atoms with Crippen molar-refractivity contribution in [1.82, 2.24) is 0 Å². The molecule has 0 heterocycles. The average molecular weight is 300 g/mol. The van der Waals surface area contributed by atoms with Crippen LogP contribution in [0, 0.1) is 5.92 Å². The summed E-state index contributed by atoms with van der Waals surface area (Å²) in [5, 5.41) is 0. The highest BCUT2D eigenvalue weighted by molar-refractivity contribution is 5.85. The van der Waals surface area contributed by atoms with Crippen molar-refractivity contribution in [3.05, 3.63) is 29.3 Å². The van der Waals surface area contributed by atoms with Crippen LogP contribution in [0.15, 0.2) is 18.2 Å². The van der Waals surface area contributed by atoms with E-state index in [4.69, 9.17) is 15.2 Å². The molecule has 0 saturated carbocycles. The van der Waals surface area contributed by atoms with Gasteiger partial charge in [0.2, 0.25) is 0 Å². The molecule has 0 saturated heterocycles. The van der Waals surface area contributed by atoms with Crippen LogP contribution in [-0.4, -0.2) is 25.7 Å². The zero-order valence-corrected chi connectivity index (χ0v) is 12.6. The van der Waals surface area contributed by atoms with Crippen LogP contribution in [0.3, 0.4) is 0 Å². The largest absolute Gasteiger partial charge is 0.482 e. The van der Waals surface area contributed by atoms with Crippen molar-refractivity contribution in [3.8, 4) is 5.75 Å². The van der Waals surface area contributed by atoms with Gasteiger partial charge in [-0.05, 0) is 61.9 Å². The number of benzene rings is 1. The molecule has 4 nitrogen and oxygen atoms in total. The molecule has 2 rings (SSSR count). The maximum Gasteiger partial charge on any atom is 0.344 e. The van der Waals surface area contributed by atoms with Crippen LogP contribution >= 0.6 is 12.4 Å². The monoisotopic (exact) mass is 299 g/mol. The lowest BCUT2D eigenvalue weighted by Gasteiger charge is -2.23. The molecular formula is C15H22ClNO3. The highest BCUT2D eigenvalue weighted by atomic mass is 35.5. The third-order valence-electron chi connectivity index (χ3n) is 3.50. The minimum Gasteiger partial charge on any atom is -0.482 e. The van der Waals surface area contributed by atoms with Crippen molar-refractivity contribution in [2.75, 3.05) is 19.8 Å². The summed E-state index contributed by atoms with van der Waals surface area (Å²) in [6.45, 7) is 2.89. The Morgan fingerprint density at radius 1 is 1.40 bits per heavy atom. The molecule has 0 aliphatic heterocycles. The van der Waals surface area contributed by atoms with Crippen LogP contribution in [0.25, 0.3) is 0 Å². The standard InChI is InChI=1S/C15H21NO3.ClH/c1-2-18-15(17)10-19-14-6-5-12-7-11(9-16)3-4-13(12)8-14;/h5-6,8,11H,2-4,7,9-10,16H2,1H3;1H/t11-;/m0./s1. The Balaban J connectivity index is 0.00000200. The van der Waals surface area contributed by atoms with Gasteiger partial charge in [0, 0.05) is 0 Å². The number of halogens is 1. The topological polar surface area (TPSA) is 61.5 Å². The van der Waals surface area contributed by atoms with E-state index in [1.165, 1.54) is 11.1 Å². The Bertz CT molecular complexity index is 451. The van der Waals surface area contributed by atoms with E-state index in [0.29, 0.717) is 12.5 Å². The zero-order chi connectivity index (χ0) is 13.7. The lowest BCUT2D eigenvalue weighted by molar-refractivity contribution is -0.145. The third-order valence-corrected chi connectivity index (χ3v) is 3.50. The van der Waals surface area contributed by atoms with Crippen LogP contribution in [0.2, 0.25) is 0 Å². The molecule has 0 amide bonds. The first-order valence-electron chi connectivity index (χ1n) is 6.83. The Morgan fingerprint density at radius 2 is 2.20 bits per heavy atom. The highest BCUT2D eigenvalue weighted by Crippen LogP contribution is 2.28. The van der Waals surface area contributed by atoms with Gasteiger partial charge >= 0.3 is 5.97 Å². The molecule has 0 spiro atoms. The first-order valence-corrected chi connectivity index (χ1v) is 6.83. The number of carbonyl (C=O) groups is 1. The average Bonchev–Trinajstić information content (AvgIpc) is 2.44. The summed E-state index contributed by atoms with van der Waals surface area (Å²) in [7, 11) is 0. The van der Waals surface area contributed by atoms with Gasteiger partial charge in [-0.1, -0.05) is 6.07 Å². The number of carbonyl (C=O) groups excluding carboxylic acids is 1. The summed E-state index contributed by atoms with van der Waals surface area (Å²) in [5.74, 6) is 1.00. The molecule has 1 atom stereocenters. The minimum atomic E-state index is -0.330. The van der Waals surface area contributed by atoms with Crippen LogP contribution in [0.1, 0.15) is 24.5 Å². The molecule has 1 aliphatic carbocycles. The molecule has 5 heteroatoms. The van der Waals surface area contributed by atoms with Gasteiger partial charge in [-0.25, -0.2) is 4.79 Å². The molecule has 2 N–H and O–H groups in total. The quantitative estimate of drug-likeness (QED) is 0.846. The summed E-state index contributed by atoms with van der Waals surface area (Å²) in [5.41, 5.74) is 8.39. The smallest absolute Gasteiger partial charge is 0.344 e. The number of hydrogen-bond acceptors (Lipinski definition) is 4. The molecule has 0 unspecified atom stereocenters. The van der Waals surface area contributed by atoms with Crippen LogP contribution < -0.4 is 10.5 Å². The fraction of sp³-hybridized carbons (Fsp3) is 0.533. The summed E-state index contributed by atoms with van der Waals surface area (Å²) in [6.07, 6.45) is 3.21. The van der Waals surface area contributed by atoms with Crippen LogP contribution in [0.5, 0.6) is 5.75 Å². The minimum absolute atomic E-state index is 0. The third kappa shape index (κ3) is 4.39. The normalized spacial score (nSPS) is 16.8. The number of fused-ring (bicyclic) bond motifs is 1. The van der Waals surface area contributed by atoms with Crippen molar-refractivity contribution < 1.29 is 14.3 Å². The van der Waals surface area contributed by atoms with Gasteiger partial charge in [-0.2, -0.15) is 0 Å². The molecule has 112 valence electrons. The summed E-state index contributed by atoms with van der Waals surface area (Å²) < 4.78 is 10.3. The number of hydrogen-bond donors (Lipinski definition) is 1. The number of rotatable bonds is 5. The second-order valence-corrected chi connectivity index (χ2v) is 4.87. The maximum absolute atomic E-state index is 11.2. The Labute approximate surface area is 126 Å². The molecule has 0 aromatic heterocycles. The molecule has 1 aliphatic rings. The van der Waals surface area contributed by atoms with Gasteiger partial charge in [0.05, 0.1) is 6.61 Å². The number of esters is 1. The fourth-order valence-corrected chi connectivity index (χ4v) is 2.44. The van der Waals surface area contributed by atoms with Crippen molar-refractivity contribution >= 4 is 18.4 Å². The molecule has 1 aromatic rings. The van der Waals surface area contributed by atoms with E-state index in [1.54, 1.807) is 6.92 Å². The predicted molar refractivity (Wildman–Crippen MR) is 80.4 cm³/mol. The molecule has 1 aromatic carbocycles. The molecule has 20 heavy (non-hydrogen) atoms. The van der Waals surface area contributed by atoms with E-state index >= 15 is 0 Å². The van der Waals surface area contributed by atoms with E-state index in [-0.39, 0.29) is 25.0 Å². The Morgan fingerprint density at radius 3 is 2.90 bits per heavy atom. The number of ether oxygens (including phenoxy) is 2. The lowest BCUT2D eigenvalue weighted by atomic mass is 9.84. The number of nitrogens with two attached hydrogens (primary N) is 1. The second-order valence-electron chi connectivity index (χ2n) is 4.87. The van der Waals surface area contributed by atoms with Gasteiger partial charge in [0.15, 0.2) is 6.61 Å². The molecule has 0 fully saturated rings. The molecule has 0 radical (unpaired) electrons. The van der Waals surface area contributed by atoms with Gasteiger partial charge in [-0.15, -0.1) is 12.4 Å². The Hall–Kier alpha value is -1.26. The van der Waals surface area contributed by atoms with Crippen molar-refractivity contribution in [2.24, 2.45) is 11.7 Å². The van der Waals surface area contributed by atoms with E-state index < -0.39 is 0 Å². The number of aryl methyl sites for hydroxylation is 1. The van der Waals surface area contributed by atoms with Gasteiger partial charge in [-0.3, -0.25) is 0 Å². The molecule has 0 bridgehead atoms. The van der Waals surface area contributed by atoms with Gasteiger partial charge in [0.1, 0.15) is 5.75 Å². The first-order chi connectivity index (χ1) is 9.22. The lowest BCUT2D eigenvalue weighted by Crippen LogP contribution is -2.22. The summed E-state index contributed by atoms with van der Waals surface area (Å²) >= 11 is 0. The van der Waals surface area contributed by atoms with E-state index in [1.807, 2.05) is 12.1 Å². The first kappa shape index (κ1) is 16.8. The maximum atomic E-state index is 11.2. The van der Waals surface area contributed by atoms with E-state index in [0.717, 1.165) is 31.6 Å². The van der Waals surface area contributed by atoms with Crippen LogP contribution in [0.4, 0.5) is 0 Å². The van der Waals surface area contributed by atoms with Crippen LogP contribution in [-0.2, 0) is 22.4 Å². The van der Waals surface area contributed by atoms with Crippen molar-refractivity contribution in [1.29, 1.82) is 0 Å². The van der Waals surface area contributed by atoms with Gasteiger partial charge in [0.25, 0.3) is 0 Å². The summed E-state index contributed by atoms with van der Waals surface area (Å²) in [4.78, 5) is 11.2.